The predicted octanol–water partition coefficient (Wildman–Crippen LogP) is 4.55. The van der Waals surface area contributed by atoms with Gasteiger partial charge in [-0.1, -0.05) is 18.2 Å². The van der Waals surface area contributed by atoms with Gasteiger partial charge in [-0.2, -0.15) is 4.31 Å². The third-order valence-corrected chi connectivity index (χ3v) is 9.55. The van der Waals surface area contributed by atoms with Crippen molar-refractivity contribution in [2.75, 3.05) is 37.0 Å². The molecule has 39 heavy (non-hydrogen) atoms. The van der Waals surface area contributed by atoms with Crippen LogP contribution in [0.1, 0.15) is 39.9 Å². The summed E-state index contributed by atoms with van der Waals surface area (Å²) in [6.07, 6.45) is 1.95. The highest BCUT2D eigenvalue weighted by Crippen LogP contribution is 2.33. The molecule has 2 aliphatic heterocycles. The predicted molar refractivity (Wildman–Crippen MR) is 151 cm³/mol. The lowest BCUT2D eigenvalue weighted by atomic mass is 9.98. The van der Waals surface area contributed by atoms with E-state index in [4.69, 9.17) is 4.74 Å². The first-order valence-electron chi connectivity index (χ1n) is 13.1. The molecule has 1 atom stereocenters. The van der Waals surface area contributed by atoms with E-state index in [2.05, 4.69) is 5.32 Å². The van der Waals surface area contributed by atoms with Crippen molar-refractivity contribution in [1.29, 1.82) is 0 Å². The molecule has 3 aromatic carbocycles. The summed E-state index contributed by atoms with van der Waals surface area (Å²) in [5.74, 6) is -0.119. The molecule has 0 aromatic heterocycles. The maximum Gasteiger partial charge on any atom is 0.258 e. The fourth-order valence-electron chi connectivity index (χ4n) is 5.30. The van der Waals surface area contributed by atoms with Crippen LogP contribution in [0.5, 0.6) is 5.75 Å². The largest absolute Gasteiger partial charge is 0.497 e. The topological polar surface area (TPSA) is 96.0 Å². The normalized spacial score (nSPS) is 17.5. The average Bonchev–Trinajstić information content (AvgIpc) is 3.37. The third kappa shape index (κ3) is 5.42. The van der Waals surface area contributed by atoms with Crippen LogP contribution in [0, 0.1) is 19.8 Å². The van der Waals surface area contributed by atoms with Gasteiger partial charge in [-0.15, -0.1) is 0 Å². The van der Waals surface area contributed by atoms with Crippen LogP contribution in [0.2, 0.25) is 0 Å². The molecule has 1 fully saturated rings. The summed E-state index contributed by atoms with van der Waals surface area (Å²) >= 11 is 0. The number of hydrogen-bond acceptors (Lipinski definition) is 5. The van der Waals surface area contributed by atoms with Crippen LogP contribution >= 0.6 is 0 Å². The Labute approximate surface area is 229 Å². The minimum absolute atomic E-state index is 0.112. The van der Waals surface area contributed by atoms with E-state index >= 15 is 0 Å². The number of piperidine rings is 1. The summed E-state index contributed by atoms with van der Waals surface area (Å²) < 4.78 is 33.5. The van der Waals surface area contributed by atoms with Crippen LogP contribution in [0.15, 0.2) is 65.6 Å². The molecule has 2 aliphatic rings. The van der Waals surface area contributed by atoms with Crippen molar-refractivity contribution in [2.24, 2.45) is 5.92 Å². The smallest absolute Gasteiger partial charge is 0.258 e. The highest BCUT2D eigenvalue weighted by molar-refractivity contribution is 7.89. The first-order valence-corrected chi connectivity index (χ1v) is 14.6. The molecule has 0 spiro atoms. The Hall–Kier alpha value is -3.69. The second-order valence-corrected chi connectivity index (χ2v) is 12.1. The van der Waals surface area contributed by atoms with Crippen molar-refractivity contribution in [3.8, 4) is 5.75 Å². The minimum atomic E-state index is -3.71. The number of methoxy groups -OCH3 is 1. The number of benzene rings is 3. The van der Waals surface area contributed by atoms with Crippen LogP contribution in [0.3, 0.4) is 0 Å². The monoisotopic (exact) mass is 547 g/mol. The van der Waals surface area contributed by atoms with E-state index in [9.17, 15) is 18.0 Å². The number of anilines is 2. The molecule has 1 saturated heterocycles. The zero-order valence-electron chi connectivity index (χ0n) is 22.4. The van der Waals surface area contributed by atoms with Crippen LogP contribution in [0.25, 0.3) is 0 Å². The van der Waals surface area contributed by atoms with E-state index in [0.29, 0.717) is 53.4 Å². The summed E-state index contributed by atoms with van der Waals surface area (Å²) in [5, 5.41) is 2.97. The van der Waals surface area contributed by atoms with Gasteiger partial charge in [0.2, 0.25) is 15.9 Å². The van der Waals surface area contributed by atoms with Gasteiger partial charge in [0.25, 0.3) is 5.91 Å². The standard InChI is InChI=1S/C30H33N3O5S/c1-20-6-7-21(2)28(17-20)39(36,37)32-15-4-5-24(19-32)29(34)31-25-11-8-22-14-16-33(27(22)18-25)30(35)23-9-12-26(38-3)13-10-23/h6-13,17-18,24H,4-5,14-16,19H2,1-3H3,(H,31,34)/t24-/m1/s1. The van der Waals surface area contributed by atoms with Crippen molar-refractivity contribution in [1.82, 2.24) is 4.31 Å². The number of sulfonamides is 1. The lowest BCUT2D eigenvalue weighted by Crippen LogP contribution is -2.43. The number of amides is 2. The van der Waals surface area contributed by atoms with Crippen LogP contribution in [0.4, 0.5) is 11.4 Å². The molecule has 0 aliphatic carbocycles. The molecule has 2 amide bonds. The van der Waals surface area contributed by atoms with Crippen molar-refractivity contribution in [3.05, 3.63) is 82.9 Å². The fraction of sp³-hybridized carbons (Fsp3) is 0.333. The summed E-state index contributed by atoms with van der Waals surface area (Å²) in [6.45, 7) is 4.74. The number of rotatable bonds is 6. The van der Waals surface area contributed by atoms with Crippen molar-refractivity contribution in [3.63, 3.8) is 0 Å². The van der Waals surface area contributed by atoms with E-state index in [0.717, 1.165) is 23.2 Å². The molecule has 204 valence electrons. The van der Waals surface area contributed by atoms with E-state index in [1.54, 1.807) is 49.3 Å². The maximum absolute atomic E-state index is 13.4. The Morgan fingerprint density at radius 3 is 2.49 bits per heavy atom. The third-order valence-electron chi connectivity index (χ3n) is 7.55. The lowest BCUT2D eigenvalue weighted by molar-refractivity contribution is -0.120. The van der Waals surface area contributed by atoms with Crippen LogP contribution in [-0.4, -0.2) is 51.3 Å². The number of nitrogens with one attached hydrogen (secondary N) is 1. The Morgan fingerprint density at radius 2 is 1.74 bits per heavy atom. The number of ether oxygens (including phenoxy) is 1. The maximum atomic E-state index is 13.4. The Balaban J connectivity index is 1.30. The van der Waals surface area contributed by atoms with E-state index in [1.807, 2.05) is 37.3 Å². The van der Waals surface area contributed by atoms with E-state index in [-0.39, 0.29) is 18.4 Å². The van der Waals surface area contributed by atoms with Gasteiger partial charge in [-0.05, 0) is 92.3 Å². The second kappa shape index (κ2) is 10.8. The number of carbonyl (C=O) groups is 2. The summed E-state index contributed by atoms with van der Waals surface area (Å²) in [4.78, 5) is 28.5. The fourth-order valence-corrected chi connectivity index (χ4v) is 7.13. The Morgan fingerprint density at radius 1 is 0.974 bits per heavy atom. The first-order chi connectivity index (χ1) is 18.7. The average molecular weight is 548 g/mol. The molecule has 9 heteroatoms. The SMILES string of the molecule is COc1ccc(C(=O)N2CCc3ccc(NC(=O)[C@@H]4CCCN(S(=O)(=O)c5cc(C)ccc5C)C4)cc32)cc1. The van der Waals surface area contributed by atoms with Gasteiger partial charge in [0.1, 0.15) is 5.75 Å². The number of aryl methyl sites for hydroxylation is 2. The highest BCUT2D eigenvalue weighted by atomic mass is 32.2. The minimum Gasteiger partial charge on any atom is -0.497 e. The quantitative estimate of drug-likeness (QED) is 0.488. The van der Waals surface area contributed by atoms with Gasteiger partial charge in [0.05, 0.1) is 17.9 Å². The molecule has 5 rings (SSSR count). The lowest BCUT2D eigenvalue weighted by Gasteiger charge is -2.31. The van der Waals surface area contributed by atoms with Crippen LogP contribution < -0.4 is 15.0 Å². The summed E-state index contributed by atoms with van der Waals surface area (Å²) in [6, 6.07) is 18.0. The number of nitrogens with zero attached hydrogens (tertiary/aromatic N) is 2. The summed E-state index contributed by atoms with van der Waals surface area (Å²) in [5.41, 5.74) is 4.53. The zero-order chi connectivity index (χ0) is 27.7. The second-order valence-electron chi connectivity index (χ2n) is 10.2. The van der Waals surface area contributed by atoms with Gasteiger partial charge in [0, 0.05) is 36.6 Å². The first kappa shape index (κ1) is 26.9. The van der Waals surface area contributed by atoms with Gasteiger partial charge in [-0.3, -0.25) is 9.59 Å². The van der Waals surface area contributed by atoms with Crippen molar-refractivity contribution < 1.29 is 22.7 Å². The van der Waals surface area contributed by atoms with Gasteiger partial charge >= 0.3 is 0 Å². The molecule has 3 aromatic rings. The van der Waals surface area contributed by atoms with E-state index < -0.39 is 15.9 Å². The Kier molecular flexibility index (Phi) is 7.46. The number of fused-ring (bicyclic) bond motifs is 1. The molecule has 0 bridgehead atoms. The van der Waals surface area contributed by atoms with Crippen molar-refractivity contribution >= 4 is 33.2 Å². The molecule has 1 N–H and O–H groups in total. The number of hydrogen-bond donors (Lipinski definition) is 1. The highest BCUT2D eigenvalue weighted by Gasteiger charge is 2.34. The van der Waals surface area contributed by atoms with Crippen LogP contribution in [-0.2, 0) is 21.2 Å². The molecule has 8 nitrogen and oxygen atoms in total. The molecule has 0 radical (unpaired) electrons. The molecular formula is C30H33N3O5S. The van der Waals surface area contributed by atoms with Gasteiger partial charge in [0.15, 0.2) is 0 Å². The number of carbonyl (C=O) groups excluding carboxylic acids is 2. The van der Waals surface area contributed by atoms with Gasteiger partial charge in [-0.25, -0.2) is 8.42 Å². The van der Waals surface area contributed by atoms with E-state index in [1.165, 1.54) is 4.31 Å². The van der Waals surface area contributed by atoms with Gasteiger partial charge < -0.3 is 15.0 Å². The molecule has 2 heterocycles. The zero-order valence-corrected chi connectivity index (χ0v) is 23.3. The molecule has 0 saturated carbocycles. The summed E-state index contributed by atoms with van der Waals surface area (Å²) in [7, 11) is -2.13. The van der Waals surface area contributed by atoms with Crippen molar-refractivity contribution in [2.45, 2.75) is 38.0 Å². The molecular weight excluding hydrogens is 514 g/mol. The molecule has 0 unspecified atom stereocenters. The Bertz CT molecular complexity index is 1520.